The molecule has 1 aliphatic carbocycles. The number of nitriles is 1. The Balaban J connectivity index is 1.96. The number of carbonyl (C=O) groups excluding carboxylic acids is 1. The van der Waals surface area contributed by atoms with Crippen molar-refractivity contribution in [2.24, 2.45) is 5.41 Å². The zero-order chi connectivity index (χ0) is 14.4. The maximum absolute atomic E-state index is 12.5. The topological polar surface area (TPSA) is 66.0 Å². The highest BCUT2D eigenvalue weighted by Crippen LogP contribution is 2.34. The molecule has 1 aliphatic rings. The zero-order valence-electron chi connectivity index (χ0n) is 12.0. The fraction of sp³-hybridized carbons (Fsp3) is 0.625. The third kappa shape index (κ3) is 3.41. The Labute approximate surface area is 120 Å². The lowest BCUT2D eigenvalue weighted by Gasteiger charge is -2.25. The van der Waals surface area contributed by atoms with Crippen molar-refractivity contribution in [2.45, 2.75) is 57.9 Å². The second-order valence-electron chi connectivity index (χ2n) is 5.77. The summed E-state index contributed by atoms with van der Waals surface area (Å²) >= 11 is 0. The van der Waals surface area contributed by atoms with E-state index in [2.05, 4.69) is 11.4 Å². The molecular weight excluding hydrogens is 252 g/mol. The van der Waals surface area contributed by atoms with Gasteiger partial charge in [0.2, 0.25) is 5.91 Å². The third-order valence-electron chi connectivity index (χ3n) is 4.07. The smallest absolute Gasteiger partial charge is 0.240 e. The molecule has 1 unspecified atom stereocenters. The maximum atomic E-state index is 12.5. The molecule has 20 heavy (non-hydrogen) atoms. The molecule has 1 N–H and O–H groups in total. The van der Waals surface area contributed by atoms with Crippen LogP contribution in [-0.4, -0.2) is 11.9 Å². The van der Waals surface area contributed by atoms with Crippen LogP contribution in [0.15, 0.2) is 22.8 Å². The molecule has 0 aromatic carbocycles. The Morgan fingerprint density at radius 1 is 1.45 bits per heavy atom. The first-order chi connectivity index (χ1) is 9.66. The van der Waals surface area contributed by atoms with Crippen molar-refractivity contribution in [3.05, 3.63) is 24.2 Å². The second kappa shape index (κ2) is 6.60. The van der Waals surface area contributed by atoms with E-state index < -0.39 is 5.41 Å². The van der Waals surface area contributed by atoms with Crippen LogP contribution in [-0.2, 0) is 11.2 Å². The molecule has 0 radical (unpaired) electrons. The molecule has 0 aliphatic heterocycles. The van der Waals surface area contributed by atoms with Crippen molar-refractivity contribution < 1.29 is 9.21 Å². The van der Waals surface area contributed by atoms with E-state index in [0.717, 1.165) is 31.4 Å². The molecule has 4 heteroatoms. The number of nitrogens with zero attached hydrogens (tertiary/aromatic N) is 1. The fourth-order valence-electron chi connectivity index (χ4n) is 2.87. The lowest BCUT2D eigenvalue weighted by molar-refractivity contribution is -0.129. The maximum Gasteiger partial charge on any atom is 0.240 e. The standard InChI is InChI=1S/C16H22N2O2/c1-13(11-14-7-6-10-20-14)18-15(19)16(12-17)8-4-2-3-5-9-16/h6-7,10,13H,2-5,8-9,11H2,1H3,(H,18,19). The Bertz CT molecular complexity index is 465. The molecule has 0 spiro atoms. The van der Waals surface area contributed by atoms with Crippen LogP contribution in [0.4, 0.5) is 0 Å². The number of nitrogens with one attached hydrogen (secondary N) is 1. The molecule has 1 atom stereocenters. The number of furan rings is 1. The van der Waals surface area contributed by atoms with Crippen LogP contribution in [0.25, 0.3) is 0 Å². The second-order valence-corrected chi connectivity index (χ2v) is 5.77. The number of rotatable bonds is 4. The summed E-state index contributed by atoms with van der Waals surface area (Å²) in [6.07, 6.45) is 7.83. The van der Waals surface area contributed by atoms with E-state index in [4.69, 9.17) is 4.42 Å². The Morgan fingerprint density at radius 3 is 2.70 bits per heavy atom. The normalized spacial score (nSPS) is 19.6. The van der Waals surface area contributed by atoms with E-state index in [1.807, 2.05) is 19.1 Å². The first kappa shape index (κ1) is 14.6. The van der Waals surface area contributed by atoms with Crippen molar-refractivity contribution in [1.82, 2.24) is 5.32 Å². The van der Waals surface area contributed by atoms with Gasteiger partial charge in [0, 0.05) is 12.5 Å². The molecule has 4 nitrogen and oxygen atoms in total. The predicted octanol–water partition coefficient (Wildman–Crippen LogP) is 3.19. The molecule has 1 fully saturated rings. The van der Waals surface area contributed by atoms with Crippen LogP contribution in [0.2, 0.25) is 0 Å². The average Bonchev–Trinajstić information content (AvgIpc) is 2.80. The van der Waals surface area contributed by atoms with Crippen LogP contribution >= 0.6 is 0 Å². The van der Waals surface area contributed by atoms with E-state index in [9.17, 15) is 10.1 Å². The molecule has 1 aromatic heterocycles. The molecule has 108 valence electrons. The zero-order valence-corrected chi connectivity index (χ0v) is 12.0. The number of amides is 1. The van der Waals surface area contributed by atoms with Gasteiger partial charge in [-0.25, -0.2) is 0 Å². The fourth-order valence-corrected chi connectivity index (χ4v) is 2.87. The summed E-state index contributed by atoms with van der Waals surface area (Å²) in [5.74, 6) is 0.741. The lowest BCUT2D eigenvalue weighted by Crippen LogP contribution is -2.44. The van der Waals surface area contributed by atoms with Gasteiger partial charge >= 0.3 is 0 Å². The van der Waals surface area contributed by atoms with Gasteiger partial charge < -0.3 is 9.73 Å². The summed E-state index contributed by atoms with van der Waals surface area (Å²) in [5.41, 5.74) is -0.825. The van der Waals surface area contributed by atoms with Gasteiger partial charge in [0.05, 0.1) is 12.3 Å². The molecule has 1 saturated carbocycles. The van der Waals surface area contributed by atoms with Crippen molar-refractivity contribution in [3.63, 3.8) is 0 Å². The van der Waals surface area contributed by atoms with Crippen molar-refractivity contribution in [3.8, 4) is 6.07 Å². The van der Waals surface area contributed by atoms with Crippen molar-refractivity contribution in [2.75, 3.05) is 0 Å². The minimum Gasteiger partial charge on any atom is -0.469 e. The summed E-state index contributed by atoms with van der Waals surface area (Å²) in [4.78, 5) is 12.5. The van der Waals surface area contributed by atoms with Crippen LogP contribution in [0.5, 0.6) is 0 Å². The Hall–Kier alpha value is -1.76. The number of hydrogen-bond donors (Lipinski definition) is 1. The average molecular weight is 274 g/mol. The van der Waals surface area contributed by atoms with Gasteiger partial charge in [0.25, 0.3) is 0 Å². The summed E-state index contributed by atoms with van der Waals surface area (Å²) in [7, 11) is 0. The van der Waals surface area contributed by atoms with Crippen molar-refractivity contribution in [1.29, 1.82) is 5.26 Å². The highest BCUT2D eigenvalue weighted by Gasteiger charge is 2.39. The summed E-state index contributed by atoms with van der Waals surface area (Å²) in [5, 5.41) is 12.5. The van der Waals surface area contributed by atoms with Gasteiger partial charge in [0.15, 0.2) is 0 Å². The van der Waals surface area contributed by atoms with E-state index in [1.165, 1.54) is 0 Å². The van der Waals surface area contributed by atoms with Crippen LogP contribution in [0, 0.1) is 16.7 Å². The van der Waals surface area contributed by atoms with Crippen LogP contribution < -0.4 is 5.32 Å². The largest absolute Gasteiger partial charge is 0.469 e. The molecule has 1 amide bonds. The minimum atomic E-state index is -0.825. The molecular formula is C16H22N2O2. The summed E-state index contributed by atoms with van der Waals surface area (Å²) in [6.45, 7) is 1.95. The van der Waals surface area contributed by atoms with Gasteiger partial charge in [-0.15, -0.1) is 0 Å². The van der Waals surface area contributed by atoms with Gasteiger partial charge in [-0.2, -0.15) is 5.26 Å². The highest BCUT2D eigenvalue weighted by molar-refractivity contribution is 5.85. The Kier molecular flexibility index (Phi) is 4.84. The first-order valence-electron chi connectivity index (χ1n) is 7.41. The van der Waals surface area contributed by atoms with Gasteiger partial charge in [-0.1, -0.05) is 25.7 Å². The molecule has 1 aromatic rings. The van der Waals surface area contributed by atoms with E-state index in [-0.39, 0.29) is 11.9 Å². The van der Waals surface area contributed by atoms with Crippen LogP contribution in [0.1, 0.15) is 51.2 Å². The number of carbonyl (C=O) groups is 1. The molecule has 0 saturated heterocycles. The predicted molar refractivity (Wildman–Crippen MR) is 75.8 cm³/mol. The minimum absolute atomic E-state index is 0.0258. The summed E-state index contributed by atoms with van der Waals surface area (Å²) < 4.78 is 5.29. The Morgan fingerprint density at radius 2 is 2.15 bits per heavy atom. The highest BCUT2D eigenvalue weighted by atomic mass is 16.3. The van der Waals surface area contributed by atoms with Gasteiger partial charge in [-0.3, -0.25) is 4.79 Å². The first-order valence-corrected chi connectivity index (χ1v) is 7.41. The number of hydrogen-bond acceptors (Lipinski definition) is 3. The van der Waals surface area contributed by atoms with E-state index >= 15 is 0 Å². The van der Waals surface area contributed by atoms with E-state index in [1.54, 1.807) is 6.26 Å². The molecule has 1 heterocycles. The quantitative estimate of drug-likeness (QED) is 0.857. The van der Waals surface area contributed by atoms with E-state index in [0.29, 0.717) is 19.3 Å². The third-order valence-corrected chi connectivity index (χ3v) is 4.07. The molecule has 2 rings (SSSR count). The van der Waals surface area contributed by atoms with Gasteiger partial charge in [-0.05, 0) is 31.9 Å². The van der Waals surface area contributed by atoms with Gasteiger partial charge in [0.1, 0.15) is 11.2 Å². The van der Waals surface area contributed by atoms with Crippen molar-refractivity contribution >= 4 is 5.91 Å². The monoisotopic (exact) mass is 274 g/mol. The molecule has 0 bridgehead atoms. The SMILES string of the molecule is CC(Cc1ccco1)NC(=O)C1(C#N)CCCCCC1. The van der Waals surface area contributed by atoms with Crippen LogP contribution in [0.3, 0.4) is 0 Å². The summed E-state index contributed by atoms with van der Waals surface area (Å²) in [6, 6.07) is 6.00. The lowest BCUT2D eigenvalue weighted by atomic mass is 9.80.